The van der Waals surface area contributed by atoms with Crippen molar-refractivity contribution in [3.05, 3.63) is 76.2 Å². The summed E-state index contributed by atoms with van der Waals surface area (Å²) in [7, 11) is 0. The van der Waals surface area contributed by atoms with Crippen LogP contribution in [0.15, 0.2) is 59.5 Å². The van der Waals surface area contributed by atoms with E-state index in [0.717, 1.165) is 18.4 Å². The quantitative estimate of drug-likeness (QED) is 0.519. The van der Waals surface area contributed by atoms with Gasteiger partial charge in [0.2, 0.25) is 0 Å². The van der Waals surface area contributed by atoms with Gasteiger partial charge in [0.1, 0.15) is 5.82 Å². The molecule has 122 valence electrons. The molecule has 25 heavy (non-hydrogen) atoms. The Bertz CT molecular complexity index is 1170. The summed E-state index contributed by atoms with van der Waals surface area (Å²) in [6.07, 6.45) is 6.29. The van der Waals surface area contributed by atoms with Crippen LogP contribution in [0.1, 0.15) is 24.0 Å². The Labute approximate surface area is 145 Å². The number of benzene rings is 3. The molecule has 0 fully saturated rings. The number of hydrogen-bond donors (Lipinski definition) is 1. The number of aromatic nitrogens is 2. The van der Waals surface area contributed by atoms with Gasteiger partial charge in [0, 0.05) is 17.8 Å². The fourth-order valence-corrected chi connectivity index (χ4v) is 4.15. The molecule has 0 saturated heterocycles. The molecular formula is C22H18N2O. The van der Waals surface area contributed by atoms with Crippen LogP contribution in [0.25, 0.3) is 32.9 Å². The molecule has 0 saturated carbocycles. The molecule has 0 radical (unpaired) electrons. The number of rotatable bonds is 1. The fourth-order valence-electron chi connectivity index (χ4n) is 4.15. The van der Waals surface area contributed by atoms with Gasteiger partial charge in [-0.05, 0) is 64.4 Å². The van der Waals surface area contributed by atoms with Crippen molar-refractivity contribution in [2.75, 3.05) is 0 Å². The van der Waals surface area contributed by atoms with Gasteiger partial charge in [0.05, 0.1) is 0 Å². The van der Waals surface area contributed by atoms with E-state index in [9.17, 15) is 4.79 Å². The minimum Gasteiger partial charge on any atom is -0.307 e. The average Bonchev–Trinajstić information content (AvgIpc) is 2.67. The zero-order chi connectivity index (χ0) is 16.8. The number of fused-ring (bicyclic) bond motifs is 5. The van der Waals surface area contributed by atoms with E-state index in [1.54, 1.807) is 6.20 Å². The van der Waals surface area contributed by atoms with Crippen molar-refractivity contribution in [2.24, 2.45) is 0 Å². The topological polar surface area (TPSA) is 45.8 Å². The summed E-state index contributed by atoms with van der Waals surface area (Å²) in [4.78, 5) is 19.2. The maximum Gasteiger partial charge on any atom is 0.251 e. The highest BCUT2D eigenvalue weighted by Crippen LogP contribution is 2.38. The van der Waals surface area contributed by atoms with Gasteiger partial charge in [-0.25, -0.2) is 4.98 Å². The first-order valence-electron chi connectivity index (χ1n) is 8.83. The van der Waals surface area contributed by atoms with Crippen LogP contribution in [0.4, 0.5) is 0 Å². The second-order valence-corrected chi connectivity index (χ2v) is 6.76. The Hall–Kier alpha value is -2.94. The average molecular weight is 326 g/mol. The van der Waals surface area contributed by atoms with Crippen molar-refractivity contribution in [2.45, 2.75) is 25.7 Å². The zero-order valence-electron chi connectivity index (χ0n) is 13.9. The normalized spacial score (nSPS) is 13.9. The van der Waals surface area contributed by atoms with E-state index < -0.39 is 0 Å². The van der Waals surface area contributed by atoms with Crippen LogP contribution in [0.5, 0.6) is 0 Å². The maximum atomic E-state index is 11.9. The van der Waals surface area contributed by atoms with Crippen LogP contribution in [0.2, 0.25) is 0 Å². The lowest BCUT2D eigenvalue weighted by atomic mass is 9.84. The Kier molecular flexibility index (Phi) is 3.20. The summed E-state index contributed by atoms with van der Waals surface area (Å²) in [5.41, 5.74) is 3.78. The first kappa shape index (κ1) is 14.4. The molecule has 0 spiro atoms. The molecule has 3 aromatic carbocycles. The van der Waals surface area contributed by atoms with Crippen LogP contribution >= 0.6 is 0 Å². The van der Waals surface area contributed by atoms with Gasteiger partial charge in [0.15, 0.2) is 0 Å². The third kappa shape index (κ3) is 2.27. The molecule has 3 heteroatoms. The third-order valence-corrected chi connectivity index (χ3v) is 5.28. The minimum atomic E-state index is -0.115. The standard InChI is InChI=1S/C22H18N2O/c25-20-11-12-23-22(24-20)19-13-15-6-2-3-7-16(15)18-10-9-14-5-1-4-8-17(14)21(18)19/h2-3,6-7,9-13H,1,4-5,8H2,(H,23,24,25). The van der Waals surface area contributed by atoms with Crippen molar-refractivity contribution in [3.63, 3.8) is 0 Å². The van der Waals surface area contributed by atoms with Gasteiger partial charge < -0.3 is 4.98 Å². The van der Waals surface area contributed by atoms with Crippen molar-refractivity contribution in [3.8, 4) is 11.4 Å². The van der Waals surface area contributed by atoms with E-state index in [2.05, 4.69) is 52.4 Å². The first-order valence-corrected chi connectivity index (χ1v) is 8.83. The molecule has 1 aliphatic carbocycles. The molecule has 5 rings (SSSR count). The van der Waals surface area contributed by atoms with Crippen LogP contribution in [0, 0.1) is 0 Å². The Morgan fingerprint density at radius 1 is 0.920 bits per heavy atom. The maximum absolute atomic E-state index is 11.9. The number of aromatic amines is 1. The van der Waals surface area contributed by atoms with Gasteiger partial charge in [-0.1, -0.05) is 36.4 Å². The Morgan fingerprint density at radius 2 is 1.80 bits per heavy atom. The summed E-state index contributed by atoms with van der Waals surface area (Å²) in [6, 6.07) is 16.6. The van der Waals surface area contributed by atoms with Gasteiger partial charge in [0.25, 0.3) is 5.56 Å². The highest BCUT2D eigenvalue weighted by Gasteiger charge is 2.18. The summed E-state index contributed by atoms with van der Waals surface area (Å²) < 4.78 is 0. The number of H-pyrrole nitrogens is 1. The molecule has 1 aliphatic rings. The van der Waals surface area contributed by atoms with E-state index in [1.807, 2.05) is 0 Å². The van der Waals surface area contributed by atoms with E-state index in [0.29, 0.717) is 5.82 Å². The summed E-state index contributed by atoms with van der Waals surface area (Å²) >= 11 is 0. The minimum absolute atomic E-state index is 0.115. The van der Waals surface area contributed by atoms with Crippen LogP contribution in [0.3, 0.4) is 0 Å². The molecule has 0 aliphatic heterocycles. The fraction of sp³-hybridized carbons (Fsp3) is 0.182. The van der Waals surface area contributed by atoms with Gasteiger partial charge in [-0.2, -0.15) is 0 Å². The predicted molar refractivity (Wildman–Crippen MR) is 102 cm³/mol. The molecular weight excluding hydrogens is 308 g/mol. The molecule has 0 bridgehead atoms. The molecule has 0 amide bonds. The SMILES string of the molecule is O=c1ccnc(-c2cc3ccccc3c3ccc4c(c23)CCCC4)[nH]1. The Morgan fingerprint density at radius 3 is 2.72 bits per heavy atom. The number of nitrogens with one attached hydrogen (secondary N) is 1. The lowest BCUT2D eigenvalue weighted by Gasteiger charge is -2.21. The summed E-state index contributed by atoms with van der Waals surface area (Å²) in [5, 5.41) is 4.94. The lowest BCUT2D eigenvalue weighted by Crippen LogP contribution is -2.08. The second kappa shape index (κ2) is 5.55. The smallest absolute Gasteiger partial charge is 0.251 e. The summed E-state index contributed by atoms with van der Waals surface area (Å²) in [6.45, 7) is 0. The van der Waals surface area contributed by atoms with Crippen molar-refractivity contribution in [1.82, 2.24) is 9.97 Å². The van der Waals surface area contributed by atoms with Crippen molar-refractivity contribution < 1.29 is 0 Å². The van der Waals surface area contributed by atoms with Crippen LogP contribution in [-0.2, 0) is 12.8 Å². The highest BCUT2D eigenvalue weighted by atomic mass is 16.1. The molecule has 1 N–H and O–H groups in total. The van der Waals surface area contributed by atoms with Crippen molar-refractivity contribution in [1.29, 1.82) is 0 Å². The molecule has 1 heterocycles. The molecule has 0 unspecified atom stereocenters. The zero-order valence-corrected chi connectivity index (χ0v) is 13.9. The van der Waals surface area contributed by atoms with Crippen molar-refractivity contribution >= 4 is 21.5 Å². The number of nitrogens with zero attached hydrogens (tertiary/aromatic N) is 1. The Balaban J connectivity index is 1.98. The van der Waals surface area contributed by atoms with E-state index in [1.165, 1.54) is 51.6 Å². The third-order valence-electron chi connectivity index (χ3n) is 5.28. The number of hydrogen-bond acceptors (Lipinski definition) is 2. The summed E-state index contributed by atoms with van der Waals surface area (Å²) in [5.74, 6) is 0.655. The van der Waals surface area contributed by atoms with Crippen LogP contribution < -0.4 is 5.56 Å². The molecule has 4 aromatic rings. The number of aryl methyl sites for hydroxylation is 2. The highest BCUT2D eigenvalue weighted by molar-refractivity contribution is 6.14. The second-order valence-electron chi connectivity index (χ2n) is 6.76. The van der Waals surface area contributed by atoms with Gasteiger partial charge in [-0.15, -0.1) is 0 Å². The van der Waals surface area contributed by atoms with Gasteiger partial charge in [-0.3, -0.25) is 4.79 Å². The monoisotopic (exact) mass is 326 g/mol. The molecule has 1 aromatic heterocycles. The molecule has 3 nitrogen and oxygen atoms in total. The van der Waals surface area contributed by atoms with E-state index in [-0.39, 0.29) is 5.56 Å². The van der Waals surface area contributed by atoms with E-state index >= 15 is 0 Å². The largest absolute Gasteiger partial charge is 0.307 e. The van der Waals surface area contributed by atoms with Crippen LogP contribution in [-0.4, -0.2) is 9.97 Å². The molecule has 0 atom stereocenters. The van der Waals surface area contributed by atoms with E-state index in [4.69, 9.17) is 0 Å². The first-order chi connectivity index (χ1) is 12.3. The van der Waals surface area contributed by atoms with Gasteiger partial charge >= 0.3 is 0 Å². The predicted octanol–water partition coefficient (Wildman–Crippen LogP) is 4.62. The lowest BCUT2D eigenvalue weighted by molar-refractivity contribution is 0.690.